The minimum Gasteiger partial charge on any atom is -0.381 e. The standard InChI is InChI=1S/C14H22N2O3/c1-14(5-8-19-9-6-14)10-12-15-7-4-11(16-12)13(17-2)18-3/h4,7,13H,5-6,8-10H2,1-3H3. The zero-order chi connectivity index (χ0) is 13.7. The van der Waals surface area contributed by atoms with Crippen LogP contribution in [-0.2, 0) is 20.6 Å². The number of hydrogen-bond acceptors (Lipinski definition) is 5. The average molecular weight is 266 g/mol. The van der Waals surface area contributed by atoms with Crippen molar-refractivity contribution in [1.82, 2.24) is 9.97 Å². The highest BCUT2D eigenvalue weighted by molar-refractivity contribution is 5.05. The third kappa shape index (κ3) is 3.72. The van der Waals surface area contributed by atoms with E-state index in [0.29, 0.717) is 0 Å². The van der Waals surface area contributed by atoms with Gasteiger partial charge in [-0.05, 0) is 24.3 Å². The van der Waals surface area contributed by atoms with Gasteiger partial charge in [-0.25, -0.2) is 9.97 Å². The Hall–Kier alpha value is -1.04. The van der Waals surface area contributed by atoms with E-state index in [1.807, 2.05) is 6.07 Å². The third-order valence-corrected chi connectivity index (χ3v) is 3.68. The molecule has 1 aliphatic heterocycles. The van der Waals surface area contributed by atoms with Crippen LogP contribution in [0.2, 0.25) is 0 Å². The Morgan fingerprint density at radius 3 is 2.63 bits per heavy atom. The Morgan fingerprint density at radius 1 is 1.32 bits per heavy atom. The molecule has 1 aromatic rings. The summed E-state index contributed by atoms with van der Waals surface area (Å²) in [5.41, 5.74) is 0.998. The van der Waals surface area contributed by atoms with Crippen LogP contribution in [0.15, 0.2) is 12.3 Å². The van der Waals surface area contributed by atoms with Gasteiger partial charge in [0.2, 0.25) is 6.29 Å². The van der Waals surface area contributed by atoms with Crippen molar-refractivity contribution in [2.75, 3.05) is 27.4 Å². The van der Waals surface area contributed by atoms with Crippen molar-refractivity contribution in [3.63, 3.8) is 0 Å². The molecule has 0 aromatic carbocycles. The number of methoxy groups -OCH3 is 2. The summed E-state index contributed by atoms with van der Waals surface area (Å²) in [7, 11) is 3.21. The zero-order valence-corrected chi connectivity index (χ0v) is 11.9. The smallest absolute Gasteiger partial charge is 0.200 e. The van der Waals surface area contributed by atoms with E-state index >= 15 is 0 Å². The van der Waals surface area contributed by atoms with Gasteiger partial charge in [-0.1, -0.05) is 6.92 Å². The van der Waals surface area contributed by atoms with Gasteiger partial charge in [-0.2, -0.15) is 0 Å². The second kappa shape index (κ2) is 6.41. The molecule has 0 amide bonds. The number of ether oxygens (including phenoxy) is 3. The molecule has 0 saturated carbocycles. The molecule has 19 heavy (non-hydrogen) atoms. The van der Waals surface area contributed by atoms with E-state index in [-0.39, 0.29) is 5.41 Å². The molecule has 5 nitrogen and oxygen atoms in total. The molecular weight excluding hydrogens is 244 g/mol. The summed E-state index contributed by atoms with van der Waals surface area (Å²) < 4.78 is 15.9. The van der Waals surface area contributed by atoms with Crippen molar-refractivity contribution < 1.29 is 14.2 Å². The highest BCUT2D eigenvalue weighted by Gasteiger charge is 2.29. The maximum atomic E-state index is 5.42. The quantitative estimate of drug-likeness (QED) is 0.764. The number of hydrogen-bond donors (Lipinski definition) is 0. The van der Waals surface area contributed by atoms with Crippen LogP contribution in [0.1, 0.15) is 37.6 Å². The minimum atomic E-state index is -0.427. The van der Waals surface area contributed by atoms with Gasteiger partial charge in [0.1, 0.15) is 5.82 Å². The summed E-state index contributed by atoms with van der Waals surface area (Å²) in [4.78, 5) is 8.92. The molecule has 1 saturated heterocycles. The third-order valence-electron chi connectivity index (χ3n) is 3.68. The Kier molecular flexibility index (Phi) is 4.85. The van der Waals surface area contributed by atoms with E-state index in [9.17, 15) is 0 Å². The normalized spacial score (nSPS) is 18.7. The lowest BCUT2D eigenvalue weighted by atomic mass is 9.79. The van der Waals surface area contributed by atoms with Crippen molar-refractivity contribution >= 4 is 0 Å². The first kappa shape index (κ1) is 14.4. The van der Waals surface area contributed by atoms with Gasteiger partial charge in [0.15, 0.2) is 0 Å². The van der Waals surface area contributed by atoms with Crippen molar-refractivity contribution in [2.45, 2.75) is 32.5 Å². The summed E-state index contributed by atoms with van der Waals surface area (Å²) in [6, 6.07) is 1.83. The van der Waals surface area contributed by atoms with E-state index in [0.717, 1.165) is 44.0 Å². The van der Waals surface area contributed by atoms with E-state index in [4.69, 9.17) is 14.2 Å². The molecule has 0 atom stereocenters. The van der Waals surface area contributed by atoms with E-state index in [1.165, 1.54) is 0 Å². The summed E-state index contributed by atoms with van der Waals surface area (Å²) in [6.45, 7) is 3.93. The van der Waals surface area contributed by atoms with Crippen LogP contribution < -0.4 is 0 Å². The first-order valence-corrected chi connectivity index (χ1v) is 6.62. The van der Waals surface area contributed by atoms with Gasteiger partial charge in [-0.3, -0.25) is 0 Å². The maximum Gasteiger partial charge on any atom is 0.200 e. The number of nitrogens with zero attached hydrogens (tertiary/aromatic N) is 2. The molecule has 2 rings (SSSR count). The van der Waals surface area contributed by atoms with Gasteiger partial charge >= 0.3 is 0 Å². The zero-order valence-electron chi connectivity index (χ0n) is 11.9. The lowest BCUT2D eigenvalue weighted by molar-refractivity contribution is -0.108. The van der Waals surface area contributed by atoms with Crippen LogP contribution >= 0.6 is 0 Å². The van der Waals surface area contributed by atoms with Crippen LogP contribution in [0.3, 0.4) is 0 Å². The molecule has 5 heteroatoms. The van der Waals surface area contributed by atoms with Gasteiger partial charge in [-0.15, -0.1) is 0 Å². The Morgan fingerprint density at radius 2 is 2.00 bits per heavy atom. The molecule has 0 bridgehead atoms. The fourth-order valence-corrected chi connectivity index (χ4v) is 2.39. The van der Waals surface area contributed by atoms with Crippen LogP contribution in [0.25, 0.3) is 0 Å². The van der Waals surface area contributed by atoms with E-state index < -0.39 is 6.29 Å². The van der Waals surface area contributed by atoms with Crippen molar-refractivity contribution in [3.05, 3.63) is 23.8 Å². The van der Waals surface area contributed by atoms with Gasteiger partial charge < -0.3 is 14.2 Å². The van der Waals surface area contributed by atoms with Crippen LogP contribution in [0.4, 0.5) is 0 Å². The van der Waals surface area contributed by atoms with E-state index in [1.54, 1.807) is 20.4 Å². The lowest BCUT2D eigenvalue weighted by Gasteiger charge is -2.32. The second-order valence-corrected chi connectivity index (χ2v) is 5.30. The van der Waals surface area contributed by atoms with Gasteiger partial charge in [0.25, 0.3) is 0 Å². The average Bonchev–Trinajstić information content (AvgIpc) is 2.41. The molecule has 0 spiro atoms. The minimum absolute atomic E-state index is 0.229. The largest absolute Gasteiger partial charge is 0.381 e. The number of aromatic nitrogens is 2. The van der Waals surface area contributed by atoms with Crippen molar-refractivity contribution in [2.24, 2.45) is 5.41 Å². The number of rotatable bonds is 5. The molecular formula is C14H22N2O3. The molecule has 106 valence electrons. The van der Waals surface area contributed by atoms with Crippen molar-refractivity contribution in [1.29, 1.82) is 0 Å². The molecule has 1 aliphatic rings. The molecule has 0 unspecified atom stereocenters. The van der Waals surface area contributed by atoms with Crippen molar-refractivity contribution in [3.8, 4) is 0 Å². The first-order chi connectivity index (χ1) is 9.17. The summed E-state index contributed by atoms with van der Waals surface area (Å²) >= 11 is 0. The predicted molar refractivity (Wildman–Crippen MR) is 70.7 cm³/mol. The summed E-state index contributed by atoms with van der Waals surface area (Å²) in [5, 5.41) is 0. The fourth-order valence-electron chi connectivity index (χ4n) is 2.39. The van der Waals surface area contributed by atoms with Crippen LogP contribution in [0.5, 0.6) is 0 Å². The van der Waals surface area contributed by atoms with Crippen LogP contribution in [-0.4, -0.2) is 37.4 Å². The molecule has 0 radical (unpaired) electrons. The SMILES string of the molecule is COC(OC)c1ccnc(CC2(C)CCOCC2)n1. The first-order valence-electron chi connectivity index (χ1n) is 6.62. The van der Waals surface area contributed by atoms with Gasteiger partial charge in [0.05, 0.1) is 5.69 Å². The monoisotopic (exact) mass is 266 g/mol. The second-order valence-electron chi connectivity index (χ2n) is 5.30. The molecule has 0 N–H and O–H groups in total. The van der Waals surface area contributed by atoms with E-state index in [2.05, 4.69) is 16.9 Å². The van der Waals surface area contributed by atoms with Gasteiger partial charge in [0, 0.05) is 40.1 Å². The Balaban J connectivity index is 2.10. The molecule has 2 heterocycles. The molecule has 1 fully saturated rings. The van der Waals surface area contributed by atoms with Crippen LogP contribution in [0, 0.1) is 5.41 Å². The highest BCUT2D eigenvalue weighted by atomic mass is 16.7. The summed E-state index contributed by atoms with van der Waals surface area (Å²) in [6.07, 6.45) is 4.32. The highest BCUT2D eigenvalue weighted by Crippen LogP contribution is 2.32. The molecule has 0 aliphatic carbocycles. The molecule has 1 aromatic heterocycles. The topological polar surface area (TPSA) is 53.5 Å². The maximum absolute atomic E-state index is 5.42. The lowest BCUT2D eigenvalue weighted by Crippen LogP contribution is -2.29. The summed E-state index contributed by atoms with van der Waals surface area (Å²) in [5.74, 6) is 0.848. The fraction of sp³-hybridized carbons (Fsp3) is 0.714. The Bertz CT molecular complexity index is 401. The predicted octanol–water partition coefficient (Wildman–Crippen LogP) is 2.13. The Labute approximate surface area is 114 Å².